The van der Waals surface area contributed by atoms with Gasteiger partial charge in [0.2, 0.25) is 5.91 Å². The molecule has 1 aromatic carbocycles. The third-order valence-electron chi connectivity index (χ3n) is 4.40. The van der Waals surface area contributed by atoms with E-state index in [1.54, 1.807) is 58.9 Å². The Morgan fingerprint density at radius 3 is 2.06 bits per heavy atom. The Kier molecular flexibility index (Phi) is 9.13. The number of benzene rings is 1. The van der Waals surface area contributed by atoms with E-state index in [2.05, 4.69) is 22.6 Å². The van der Waals surface area contributed by atoms with E-state index in [1.165, 1.54) is 0 Å². The van der Waals surface area contributed by atoms with Gasteiger partial charge in [-0.05, 0) is 53.5 Å². The maximum Gasteiger partial charge on any atom is 0.408 e. The quantitative estimate of drug-likeness (QED) is 0.509. The zero-order valence-electron chi connectivity index (χ0n) is 20.8. The van der Waals surface area contributed by atoms with E-state index in [0.717, 1.165) is 4.90 Å². The lowest BCUT2D eigenvalue weighted by Gasteiger charge is -2.33. The van der Waals surface area contributed by atoms with E-state index >= 15 is 0 Å². The molecular formula is C26H35N3O4. The SMILES string of the molecule is C#Cc1ccccc1C(C(=O)NC(C)(C)C)N(C#C)C(=O)C(NC(=O)OC(C)(C)C)C(C)C. The molecule has 0 aromatic heterocycles. The first-order valence-electron chi connectivity index (χ1n) is 10.8. The molecule has 0 bridgehead atoms. The van der Waals surface area contributed by atoms with E-state index in [9.17, 15) is 14.4 Å². The predicted molar refractivity (Wildman–Crippen MR) is 129 cm³/mol. The van der Waals surface area contributed by atoms with Crippen LogP contribution in [0.3, 0.4) is 0 Å². The first-order valence-corrected chi connectivity index (χ1v) is 10.8. The van der Waals surface area contributed by atoms with Crippen molar-refractivity contribution in [2.24, 2.45) is 5.92 Å². The number of hydrogen-bond acceptors (Lipinski definition) is 4. The minimum Gasteiger partial charge on any atom is -0.444 e. The molecule has 1 aromatic rings. The van der Waals surface area contributed by atoms with E-state index < -0.39 is 41.1 Å². The summed E-state index contributed by atoms with van der Waals surface area (Å²) in [5.74, 6) is 1.09. The normalized spacial score (nSPS) is 13.2. The van der Waals surface area contributed by atoms with E-state index in [0.29, 0.717) is 11.1 Å². The van der Waals surface area contributed by atoms with Crippen LogP contribution in [-0.2, 0) is 14.3 Å². The summed E-state index contributed by atoms with van der Waals surface area (Å²) in [7, 11) is 0. The minimum atomic E-state index is -1.20. The molecule has 2 atom stereocenters. The standard InChI is InChI=1S/C26H35N3O4/c1-11-18-15-13-14-16-19(18)21(22(30)28-25(5,6)7)29(12-2)23(31)20(17(3)4)27-24(32)33-26(8,9)10/h1-2,13-17,20-21H,3-10H3,(H,27,32)(H,28,30). The summed E-state index contributed by atoms with van der Waals surface area (Å²) >= 11 is 0. The van der Waals surface area contributed by atoms with Gasteiger partial charge in [-0.3, -0.25) is 14.5 Å². The number of amides is 3. The van der Waals surface area contributed by atoms with Crippen molar-refractivity contribution >= 4 is 17.9 Å². The number of terminal acetylenes is 2. The number of ether oxygens (including phenoxy) is 1. The Labute approximate surface area is 197 Å². The van der Waals surface area contributed by atoms with Crippen molar-refractivity contribution in [3.8, 4) is 24.8 Å². The number of nitrogens with zero attached hydrogens (tertiary/aromatic N) is 1. The zero-order chi connectivity index (χ0) is 25.6. The van der Waals surface area contributed by atoms with Crippen molar-refractivity contribution in [1.29, 1.82) is 0 Å². The summed E-state index contributed by atoms with van der Waals surface area (Å²) < 4.78 is 5.30. The highest BCUT2D eigenvalue weighted by atomic mass is 16.6. The number of alkyl carbamates (subject to hydrolysis) is 1. The van der Waals surface area contributed by atoms with Crippen molar-refractivity contribution in [3.05, 3.63) is 35.4 Å². The van der Waals surface area contributed by atoms with Gasteiger partial charge in [-0.15, -0.1) is 6.42 Å². The molecule has 3 amide bonds. The highest BCUT2D eigenvalue weighted by Crippen LogP contribution is 2.26. The van der Waals surface area contributed by atoms with Gasteiger partial charge in [0.1, 0.15) is 17.7 Å². The largest absolute Gasteiger partial charge is 0.444 e. The molecule has 7 heteroatoms. The molecule has 33 heavy (non-hydrogen) atoms. The fourth-order valence-corrected chi connectivity index (χ4v) is 3.07. The highest BCUT2D eigenvalue weighted by molar-refractivity contribution is 5.94. The summed E-state index contributed by atoms with van der Waals surface area (Å²) in [6.07, 6.45) is 10.7. The third-order valence-corrected chi connectivity index (χ3v) is 4.40. The molecule has 0 aliphatic rings. The van der Waals surface area contributed by atoms with Crippen LogP contribution in [-0.4, -0.2) is 40.0 Å². The van der Waals surface area contributed by atoms with E-state index in [4.69, 9.17) is 17.6 Å². The first kappa shape index (κ1) is 27.6. The summed E-state index contributed by atoms with van der Waals surface area (Å²) in [5.41, 5.74) is -0.495. The zero-order valence-corrected chi connectivity index (χ0v) is 20.8. The molecule has 0 aliphatic heterocycles. The van der Waals surface area contributed by atoms with E-state index in [-0.39, 0.29) is 5.92 Å². The molecule has 2 N–H and O–H groups in total. The van der Waals surface area contributed by atoms with Gasteiger partial charge in [-0.25, -0.2) is 4.79 Å². The van der Waals surface area contributed by atoms with E-state index in [1.807, 2.05) is 20.8 Å². The lowest BCUT2D eigenvalue weighted by molar-refractivity contribution is -0.140. The maximum absolute atomic E-state index is 13.6. The van der Waals surface area contributed by atoms with Crippen molar-refractivity contribution in [2.75, 3.05) is 0 Å². The average Bonchev–Trinajstić information content (AvgIpc) is 2.66. The summed E-state index contributed by atoms with van der Waals surface area (Å²) in [6.45, 7) is 14.1. The second-order valence-corrected chi connectivity index (χ2v) is 10.1. The van der Waals surface area contributed by atoms with Crippen LogP contribution in [0.1, 0.15) is 72.6 Å². The molecule has 0 heterocycles. The fraction of sp³-hybridized carbons (Fsp3) is 0.500. The summed E-state index contributed by atoms with van der Waals surface area (Å²) in [4.78, 5) is 40.3. The molecule has 0 aliphatic carbocycles. The molecule has 1 rings (SSSR count). The minimum absolute atomic E-state index is 0.338. The topological polar surface area (TPSA) is 87.7 Å². The van der Waals surface area contributed by atoms with Crippen LogP contribution in [0.15, 0.2) is 24.3 Å². The summed E-state index contributed by atoms with van der Waals surface area (Å²) in [5, 5.41) is 5.46. The van der Waals surface area contributed by atoms with Crippen molar-refractivity contribution in [2.45, 2.75) is 78.6 Å². The Morgan fingerprint density at radius 2 is 1.61 bits per heavy atom. The van der Waals surface area contributed by atoms with Crippen LogP contribution in [0.4, 0.5) is 4.79 Å². The third kappa shape index (κ3) is 8.20. The Balaban J connectivity index is 3.48. The Hall–Kier alpha value is -3.45. The predicted octanol–water partition coefficient (Wildman–Crippen LogP) is 3.59. The maximum atomic E-state index is 13.6. The molecule has 0 spiro atoms. The molecule has 0 radical (unpaired) electrons. The smallest absolute Gasteiger partial charge is 0.408 e. The number of carbonyl (C=O) groups is 3. The van der Waals surface area contributed by atoms with Crippen molar-refractivity contribution < 1.29 is 19.1 Å². The molecule has 7 nitrogen and oxygen atoms in total. The van der Waals surface area contributed by atoms with Crippen LogP contribution >= 0.6 is 0 Å². The number of carbonyl (C=O) groups excluding carboxylic acids is 3. The molecule has 0 saturated carbocycles. The molecule has 0 fully saturated rings. The Bertz CT molecular complexity index is 955. The van der Waals surface area contributed by atoms with Gasteiger partial charge in [0.15, 0.2) is 0 Å². The second-order valence-electron chi connectivity index (χ2n) is 10.1. The molecule has 2 unspecified atom stereocenters. The lowest BCUT2D eigenvalue weighted by Crippen LogP contribution is -2.54. The number of nitrogens with one attached hydrogen (secondary N) is 2. The van der Waals surface area contributed by atoms with Crippen molar-refractivity contribution in [3.63, 3.8) is 0 Å². The second kappa shape index (κ2) is 10.9. The fourth-order valence-electron chi connectivity index (χ4n) is 3.07. The average molecular weight is 454 g/mol. The molecular weight excluding hydrogens is 418 g/mol. The van der Waals surface area contributed by atoms with Gasteiger partial charge in [-0.2, -0.15) is 0 Å². The first-order chi connectivity index (χ1) is 15.1. The van der Waals surface area contributed by atoms with Crippen LogP contribution in [0, 0.1) is 30.7 Å². The van der Waals surface area contributed by atoms with Crippen LogP contribution in [0.2, 0.25) is 0 Å². The van der Waals surface area contributed by atoms with Gasteiger partial charge in [0.05, 0.1) is 0 Å². The molecule has 0 saturated heterocycles. The monoisotopic (exact) mass is 453 g/mol. The van der Waals surface area contributed by atoms with Crippen molar-refractivity contribution in [1.82, 2.24) is 15.5 Å². The lowest BCUT2D eigenvalue weighted by atomic mass is 9.95. The van der Waals surface area contributed by atoms with Gasteiger partial charge >= 0.3 is 6.09 Å². The van der Waals surface area contributed by atoms with Gasteiger partial charge in [-0.1, -0.05) is 44.4 Å². The number of rotatable bonds is 6. The van der Waals surface area contributed by atoms with Gasteiger partial charge in [0, 0.05) is 22.7 Å². The van der Waals surface area contributed by atoms with Crippen LogP contribution in [0.25, 0.3) is 0 Å². The van der Waals surface area contributed by atoms with Crippen LogP contribution in [0.5, 0.6) is 0 Å². The van der Waals surface area contributed by atoms with Gasteiger partial charge in [0.25, 0.3) is 5.91 Å². The highest BCUT2D eigenvalue weighted by Gasteiger charge is 2.38. The summed E-state index contributed by atoms with van der Waals surface area (Å²) in [6, 6.07) is 6.89. The molecule has 178 valence electrons. The Morgan fingerprint density at radius 1 is 1.03 bits per heavy atom. The number of hydrogen-bond donors (Lipinski definition) is 2. The van der Waals surface area contributed by atoms with Gasteiger partial charge < -0.3 is 15.4 Å². The van der Waals surface area contributed by atoms with Crippen LogP contribution < -0.4 is 10.6 Å².